The van der Waals surface area contributed by atoms with Gasteiger partial charge in [-0.05, 0) is 24.6 Å². The molecule has 110 valence electrons. The predicted molar refractivity (Wildman–Crippen MR) is 87.8 cm³/mol. The molecule has 0 aliphatic carbocycles. The summed E-state index contributed by atoms with van der Waals surface area (Å²) in [6.07, 6.45) is 5.38. The van der Waals surface area contributed by atoms with Crippen molar-refractivity contribution in [3.63, 3.8) is 0 Å². The Morgan fingerprint density at radius 3 is 2.77 bits per heavy atom. The van der Waals surface area contributed by atoms with Crippen LogP contribution in [-0.2, 0) is 6.42 Å². The summed E-state index contributed by atoms with van der Waals surface area (Å²) >= 11 is 0. The first-order chi connectivity index (χ1) is 10.9. The van der Waals surface area contributed by atoms with E-state index in [9.17, 15) is 0 Å². The molecule has 1 atom stereocenters. The second-order valence-corrected chi connectivity index (χ2v) is 6.28. The summed E-state index contributed by atoms with van der Waals surface area (Å²) in [7, 11) is 0. The lowest BCUT2D eigenvalue weighted by Gasteiger charge is -2.37. The maximum atomic E-state index is 6.45. The van der Waals surface area contributed by atoms with Gasteiger partial charge in [-0.15, -0.1) is 0 Å². The molecule has 3 heterocycles. The maximum Gasteiger partial charge on any atom is 0.200 e. The molecule has 3 aromatic rings. The van der Waals surface area contributed by atoms with Gasteiger partial charge in [0.1, 0.15) is 5.75 Å². The quantitative estimate of drug-likeness (QED) is 0.680. The molecule has 0 N–H and O–H groups in total. The Balaban J connectivity index is 1.61. The molecule has 0 saturated carbocycles. The van der Waals surface area contributed by atoms with Crippen molar-refractivity contribution in [2.24, 2.45) is 0 Å². The van der Waals surface area contributed by atoms with Crippen LogP contribution >= 0.6 is 0 Å². The van der Waals surface area contributed by atoms with E-state index in [-0.39, 0.29) is 5.72 Å². The van der Waals surface area contributed by atoms with Crippen molar-refractivity contribution >= 4 is 10.9 Å². The molecule has 22 heavy (non-hydrogen) atoms. The van der Waals surface area contributed by atoms with Crippen LogP contribution in [0.4, 0.5) is 0 Å². The Hall–Kier alpha value is -2.42. The summed E-state index contributed by atoms with van der Waals surface area (Å²) in [4.78, 5) is 0. The zero-order valence-corrected chi connectivity index (χ0v) is 12.4. The topological polar surface area (TPSA) is 17.4 Å². The van der Waals surface area contributed by atoms with Gasteiger partial charge in [0.25, 0.3) is 0 Å². The molecule has 2 aromatic carbocycles. The summed E-state index contributed by atoms with van der Waals surface area (Å²) in [6, 6.07) is 19.2. The largest absolute Gasteiger partial charge is 0.466 e. The van der Waals surface area contributed by atoms with Gasteiger partial charge in [-0.1, -0.05) is 36.4 Å². The Bertz CT molecular complexity index is 826. The first-order valence-corrected chi connectivity index (χ1v) is 7.97. The van der Waals surface area contributed by atoms with Crippen LogP contribution in [0.25, 0.3) is 10.9 Å². The molecule has 2 aliphatic rings. The molecule has 1 saturated heterocycles. The number of nitrogens with zero attached hydrogens (tertiary/aromatic N) is 2. The Kier molecular flexibility index (Phi) is 2.37. The van der Waals surface area contributed by atoms with E-state index in [1.165, 1.54) is 22.9 Å². The van der Waals surface area contributed by atoms with Gasteiger partial charge in [0.2, 0.25) is 0 Å². The number of hydrogen-bond acceptors (Lipinski definition) is 2. The van der Waals surface area contributed by atoms with Crippen molar-refractivity contribution in [3.8, 4) is 5.75 Å². The molecule has 5 rings (SSSR count). The molecule has 0 bridgehead atoms. The zero-order valence-electron chi connectivity index (χ0n) is 12.4. The lowest BCUT2D eigenvalue weighted by molar-refractivity contribution is 0.0847. The third kappa shape index (κ3) is 1.56. The molecule has 1 aromatic heterocycles. The highest BCUT2D eigenvalue weighted by Gasteiger charge is 2.48. The Morgan fingerprint density at radius 2 is 1.82 bits per heavy atom. The number of aromatic nitrogens is 1. The van der Waals surface area contributed by atoms with Crippen molar-refractivity contribution in [2.45, 2.75) is 25.0 Å². The fraction of sp³-hybridized carbons (Fsp3) is 0.263. The van der Waals surface area contributed by atoms with Gasteiger partial charge in [-0.2, -0.15) is 0 Å². The van der Waals surface area contributed by atoms with Gasteiger partial charge in [-0.25, -0.2) is 0 Å². The number of ether oxygens (including phenoxy) is 1. The van der Waals surface area contributed by atoms with Crippen LogP contribution < -0.4 is 9.75 Å². The molecule has 0 radical (unpaired) electrons. The monoisotopic (exact) mass is 290 g/mol. The van der Waals surface area contributed by atoms with Crippen LogP contribution in [0.5, 0.6) is 5.75 Å². The molecule has 3 heteroatoms. The molecule has 1 unspecified atom stereocenters. The molecule has 1 spiro atoms. The summed E-state index contributed by atoms with van der Waals surface area (Å²) in [5, 5.41) is 3.69. The fourth-order valence-corrected chi connectivity index (χ4v) is 3.99. The van der Waals surface area contributed by atoms with Crippen molar-refractivity contribution in [2.75, 3.05) is 11.6 Å². The SMILES string of the molecule is c1ccc2c(c1)CC1(CCCN1n1ccc3ccccc31)O2. The molecular formula is C19H18N2O. The van der Waals surface area contributed by atoms with Crippen molar-refractivity contribution < 1.29 is 4.74 Å². The van der Waals surface area contributed by atoms with Crippen molar-refractivity contribution in [3.05, 3.63) is 66.4 Å². The van der Waals surface area contributed by atoms with E-state index in [1.807, 2.05) is 0 Å². The summed E-state index contributed by atoms with van der Waals surface area (Å²) in [5.74, 6) is 1.05. The maximum absolute atomic E-state index is 6.45. The van der Waals surface area contributed by atoms with E-state index < -0.39 is 0 Å². The van der Waals surface area contributed by atoms with Crippen LogP contribution in [-0.4, -0.2) is 16.9 Å². The number of para-hydroxylation sites is 2. The molecule has 1 fully saturated rings. The van der Waals surface area contributed by atoms with Crippen molar-refractivity contribution in [1.29, 1.82) is 0 Å². The molecule has 2 aliphatic heterocycles. The lowest BCUT2D eigenvalue weighted by Crippen LogP contribution is -2.53. The van der Waals surface area contributed by atoms with Gasteiger partial charge in [-0.3, -0.25) is 9.69 Å². The number of rotatable bonds is 1. The summed E-state index contributed by atoms with van der Waals surface area (Å²) in [5.41, 5.74) is 2.36. The minimum absolute atomic E-state index is 0.217. The van der Waals surface area contributed by atoms with E-state index in [0.29, 0.717) is 0 Å². The van der Waals surface area contributed by atoms with Gasteiger partial charge < -0.3 is 4.74 Å². The normalized spacial score (nSPS) is 23.2. The van der Waals surface area contributed by atoms with Crippen LogP contribution in [0.3, 0.4) is 0 Å². The number of fused-ring (bicyclic) bond motifs is 2. The summed E-state index contributed by atoms with van der Waals surface area (Å²) in [6.45, 7) is 1.03. The van der Waals surface area contributed by atoms with Gasteiger partial charge in [0.05, 0.1) is 5.52 Å². The predicted octanol–water partition coefficient (Wildman–Crippen LogP) is 3.70. The Labute approximate surface area is 129 Å². The van der Waals surface area contributed by atoms with E-state index >= 15 is 0 Å². The second-order valence-electron chi connectivity index (χ2n) is 6.28. The van der Waals surface area contributed by atoms with Crippen LogP contribution in [0.1, 0.15) is 18.4 Å². The van der Waals surface area contributed by atoms with Crippen LogP contribution in [0.15, 0.2) is 60.8 Å². The zero-order chi connectivity index (χ0) is 14.6. The van der Waals surface area contributed by atoms with Crippen LogP contribution in [0, 0.1) is 0 Å². The van der Waals surface area contributed by atoms with E-state index in [0.717, 1.165) is 25.1 Å². The molecule has 0 amide bonds. The summed E-state index contributed by atoms with van der Waals surface area (Å²) < 4.78 is 8.73. The molecule has 3 nitrogen and oxygen atoms in total. The minimum atomic E-state index is -0.217. The van der Waals surface area contributed by atoms with E-state index in [2.05, 4.69) is 70.5 Å². The minimum Gasteiger partial charge on any atom is -0.466 e. The van der Waals surface area contributed by atoms with Crippen LogP contribution in [0.2, 0.25) is 0 Å². The number of hydrogen-bond donors (Lipinski definition) is 0. The number of benzene rings is 2. The molecular weight excluding hydrogens is 272 g/mol. The highest BCUT2D eigenvalue weighted by Crippen LogP contribution is 2.42. The van der Waals surface area contributed by atoms with Crippen molar-refractivity contribution in [1.82, 2.24) is 4.68 Å². The van der Waals surface area contributed by atoms with Gasteiger partial charge in [0.15, 0.2) is 5.72 Å². The fourth-order valence-electron chi connectivity index (χ4n) is 3.99. The first-order valence-electron chi connectivity index (χ1n) is 7.97. The van der Waals surface area contributed by atoms with Gasteiger partial charge in [0, 0.05) is 36.5 Å². The van der Waals surface area contributed by atoms with E-state index in [1.54, 1.807) is 0 Å². The van der Waals surface area contributed by atoms with E-state index in [4.69, 9.17) is 4.74 Å². The average molecular weight is 290 g/mol. The average Bonchev–Trinajstić information content (AvgIpc) is 3.23. The lowest BCUT2D eigenvalue weighted by atomic mass is 10.0. The standard InChI is InChI=1S/C19H18N2O/c1-3-8-17-15(6-1)10-13-20(17)21-12-5-11-19(21)14-16-7-2-4-9-18(16)22-19/h1-4,6-10,13H,5,11-12,14H2. The Morgan fingerprint density at radius 1 is 0.955 bits per heavy atom. The second kappa shape index (κ2) is 4.29. The first kappa shape index (κ1) is 12.2. The third-order valence-corrected chi connectivity index (χ3v) is 4.99. The highest BCUT2D eigenvalue weighted by atomic mass is 16.5. The highest BCUT2D eigenvalue weighted by molar-refractivity contribution is 5.80. The van der Waals surface area contributed by atoms with Gasteiger partial charge >= 0.3 is 0 Å². The smallest absolute Gasteiger partial charge is 0.200 e. The third-order valence-electron chi connectivity index (χ3n) is 4.99.